The van der Waals surface area contributed by atoms with Crippen molar-refractivity contribution in [3.63, 3.8) is 0 Å². The quantitative estimate of drug-likeness (QED) is 0.795. The number of nitrogens with one attached hydrogen (secondary N) is 1. The van der Waals surface area contributed by atoms with Crippen LogP contribution in [0, 0.1) is 11.3 Å². The first kappa shape index (κ1) is 16.7. The molecule has 130 valence electrons. The van der Waals surface area contributed by atoms with Gasteiger partial charge in [0.25, 0.3) is 0 Å². The van der Waals surface area contributed by atoms with Gasteiger partial charge in [-0.1, -0.05) is 0 Å². The molecule has 2 amide bonds. The molecule has 1 unspecified atom stereocenters. The Morgan fingerprint density at radius 2 is 1.87 bits per heavy atom. The van der Waals surface area contributed by atoms with E-state index < -0.39 is 0 Å². The molecule has 3 rings (SSSR count). The molecule has 2 heterocycles. The molecule has 1 spiro atoms. The molecule has 3 fully saturated rings. The zero-order valence-electron chi connectivity index (χ0n) is 14.5. The maximum Gasteiger partial charge on any atom is 0.236 e. The topological polar surface area (TPSA) is 55.9 Å². The van der Waals surface area contributed by atoms with Crippen LogP contribution in [0.3, 0.4) is 0 Å². The average molecular weight is 322 g/mol. The summed E-state index contributed by atoms with van der Waals surface area (Å²) >= 11 is 0. The van der Waals surface area contributed by atoms with E-state index in [1.807, 2.05) is 0 Å². The zero-order chi connectivity index (χ0) is 16.4. The van der Waals surface area contributed by atoms with Crippen molar-refractivity contribution in [2.24, 2.45) is 11.3 Å². The van der Waals surface area contributed by atoms with Crippen molar-refractivity contribution < 1.29 is 9.59 Å². The summed E-state index contributed by atoms with van der Waals surface area (Å²) in [5, 5.41) is 3.39. The molecule has 2 saturated heterocycles. The Kier molecular flexibility index (Phi) is 4.92. The lowest BCUT2D eigenvalue weighted by atomic mass is 9.91. The summed E-state index contributed by atoms with van der Waals surface area (Å²) in [7, 11) is 3.59. The van der Waals surface area contributed by atoms with Gasteiger partial charge in [-0.15, -0.1) is 0 Å². The predicted molar refractivity (Wildman–Crippen MR) is 89.0 cm³/mol. The molecule has 1 atom stereocenters. The highest BCUT2D eigenvalue weighted by atomic mass is 16.2. The summed E-state index contributed by atoms with van der Waals surface area (Å²) < 4.78 is 0. The van der Waals surface area contributed by atoms with Gasteiger partial charge in [0.1, 0.15) is 0 Å². The largest absolute Gasteiger partial charge is 0.348 e. The van der Waals surface area contributed by atoms with Crippen LogP contribution >= 0.6 is 0 Å². The van der Waals surface area contributed by atoms with Gasteiger partial charge >= 0.3 is 0 Å². The van der Waals surface area contributed by atoms with Crippen LogP contribution < -0.4 is 5.32 Å². The number of likely N-dealkylation sites (N-methyl/N-ethyl adjacent to an activating group) is 1. The molecule has 1 N–H and O–H groups in total. The standard InChI is InChI=1S/C17H30N4O2/c1-19(2)15(22)13-20-8-3-9-21(11-10-20)16(23)14-12-17(14)4-6-18-7-5-17/h14,18H,3-13H2,1-2H3. The number of carbonyl (C=O) groups is 2. The van der Waals surface area contributed by atoms with Gasteiger partial charge in [0.15, 0.2) is 0 Å². The van der Waals surface area contributed by atoms with Gasteiger partial charge in [-0.05, 0) is 44.2 Å². The summed E-state index contributed by atoms with van der Waals surface area (Å²) in [6.07, 6.45) is 4.36. The molecule has 1 aliphatic carbocycles. The molecular weight excluding hydrogens is 292 g/mol. The van der Waals surface area contributed by atoms with Gasteiger partial charge in [-0.3, -0.25) is 14.5 Å². The number of rotatable bonds is 3. The fourth-order valence-corrected chi connectivity index (χ4v) is 4.08. The molecule has 0 aromatic heterocycles. The van der Waals surface area contributed by atoms with E-state index >= 15 is 0 Å². The molecule has 6 nitrogen and oxygen atoms in total. The summed E-state index contributed by atoms with van der Waals surface area (Å²) in [5.41, 5.74) is 0.315. The zero-order valence-corrected chi connectivity index (χ0v) is 14.5. The van der Waals surface area contributed by atoms with Crippen molar-refractivity contribution in [2.75, 3.05) is 59.9 Å². The van der Waals surface area contributed by atoms with Crippen molar-refractivity contribution in [1.82, 2.24) is 20.0 Å². The van der Waals surface area contributed by atoms with E-state index in [1.165, 1.54) is 0 Å². The van der Waals surface area contributed by atoms with Crippen molar-refractivity contribution in [1.29, 1.82) is 0 Å². The molecular formula is C17H30N4O2. The van der Waals surface area contributed by atoms with Crippen molar-refractivity contribution in [3.05, 3.63) is 0 Å². The Morgan fingerprint density at radius 1 is 1.13 bits per heavy atom. The van der Waals surface area contributed by atoms with E-state index in [2.05, 4.69) is 15.1 Å². The Morgan fingerprint density at radius 3 is 2.57 bits per heavy atom. The van der Waals surface area contributed by atoms with Gasteiger partial charge in [-0.2, -0.15) is 0 Å². The number of hydrogen-bond acceptors (Lipinski definition) is 4. The highest BCUT2D eigenvalue weighted by Crippen LogP contribution is 2.59. The Hall–Kier alpha value is -1.14. The first-order valence-electron chi connectivity index (χ1n) is 8.94. The van der Waals surface area contributed by atoms with Gasteiger partial charge in [0.05, 0.1) is 6.54 Å². The van der Waals surface area contributed by atoms with Crippen LogP contribution in [0.15, 0.2) is 0 Å². The second-order valence-corrected chi connectivity index (χ2v) is 7.61. The molecule has 0 aromatic carbocycles. The third kappa shape index (κ3) is 3.69. The molecule has 0 aromatic rings. The van der Waals surface area contributed by atoms with E-state index in [4.69, 9.17) is 0 Å². The normalized spacial score (nSPS) is 27.6. The van der Waals surface area contributed by atoms with Crippen LogP contribution in [-0.2, 0) is 9.59 Å². The van der Waals surface area contributed by atoms with Crippen LogP contribution in [0.25, 0.3) is 0 Å². The number of piperidine rings is 1. The monoisotopic (exact) mass is 322 g/mol. The lowest BCUT2D eigenvalue weighted by Crippen LogP contribution is -2.40. The lowest BCUT2D eigenvalue weighted by Gasteiger charge is -2.26. The van der Waals surface area contributed by atoms with E-state index in [0.717, 1.165) is 65.0 Å². The maximum absolute atomic E-state index is 12.8. The van der Waals surface area contributed by atoms with Crippen LogP contribution in [0.2, 0.25) is 0 Å². The van der Waals surface area contributed by atoms with Crippen molar-refractivity contribution in [3.8, 4) is 0 Å². The molecule has 23 heavy (non-hydrogen) atoms. The molecule has 0 radical (unpaired) electrons. The third-order valence-corrected chi connectivity index (χ3v) is 5.85. The van der Waals surface area contributed by atoms with Crippen molar-refractivity contribution in [2.45, 2.75) is 25.7 Å². The first-order chi connectivity index (χ1) is 11.0. The second-order valence-electron chi connectivity index (χ2n) is 7.61. The fourth-order valence-electron chi connectivity index (χ4n) is 4.08. The minimum atomic E-state index is 0.139. The molecule has 3 aliphatic rings. The van der Waals surface area contributed by atoms with E-state index in [1.54, 1.807) is 19.0 Å². The minimum Gasteiger partial charge on any atom is -0.348 e. The minimum absolute atomic E-state index is 0.139. The Labute approximate surface area is 139 Å². The van der Waals surface area contributed by atoms with Crippen LogP contribution in [-0.4, -0.2) is 86.4 Å². The van der Waals surface area contributed by atoms with E-state index in [-0.39, 0.29) is 11.8 Å². The number of hydrogen-bond donors (Lipinski definition) is 1. The van der Waals surface area contributed by atoms with Gasteiger partial charge in [-0.25, -0.2) is 0 Å². The number of carbonyl (C=O) groups excluding carboxylic acids is 2. The van der Waals surface area contributed by atoms with Gasteiger partial charge in [0.2, 0.25) is 11.8 Å². The van der Waals surface area contributed by atoms with Crippen LogP contribution in [0.1, 0.15) is 25.7 Å². The molecule has 0 bridgehead atoms. The Bertz CT molecular complexity index is 460. The summed E-state index contributed by atoms with van der Waals surface area (Å²) in [6.45, 7) is 5.92. The van der Waals surface area contributed by atoms with Gasteiger partial charge in [0, 0.05) is 46.2 Å². The molecule has 1 saturated carbocycles. The Balaban J connectivity index is 1.50. The average Bonchev–Trinajstić information content (AvgIpc) is 3.27. The third-order valence-electron chi connectivity index (χ3n) is 5.85. The summed E-state index contributed by atoms with van der Waals surface area (Å²) in [4.78, 5) is 30.6. The highest BCUT2D eigenvalue weighted by Gasteiger charge is 2.58. The van der Waals surface area contributed by atoms with E-state index in [0.29, 0.717) is 17.9 Å². The maximum atomic E-state index is 12.8. The highest BCUT2D eigenvalue weighted by molar-refractivity contribution is 5.83. The van der Waals surface area contributed by atoms with Crippen molar-refractivity contribution >= 4 is 11.8 Å². The molecule has 2 aliphatic heterocycles. The summed E-state index contributed by atoms with van der Waals surface area (Å²) in [5.74, 6) is 0.771. The molecule has 6 heteroatoms. The summed E-state index contributed by atoms with van der Waals surface area (Å²) in [6, 6.07) is 0. The van der Waals surface area contributed by atoms with E-state index in [9.17, 15) is 9.59 Å². The first-order valence-corrected chi connectivity index (χ1v) is 8.94. The predicted octanol–water partition coefficient (Wildman–Crippen LogP) is -0.00140. The number of nitrogens with zero attached hydrogens (tertiary/aromatic N) is 3. The lowest BCUT2D eigenvalue weighted by molar-refractivity contribution is -0.133. The van der Waals surface area contributed by atoms with Crippen LogP contribution in [0.4, 0.5) is 0 Å². The van der Waals surface area contributed by atoms with Crippen LogP contribution in [0.5, 0.6) is 0 Å². The second kappa shape index (κ2) is 6.77. The SMILES string of the molecule is CN(C)C(=O)CN1CCCN(C(=O)C2CC23CCNCC3)CC1. The number of amides is 2. The smallest absolute Gasteiger partial charge is 0.236 e. The fraction of sp³-hybridized carbons (Fsp3) is 0.882. The van der Waals surface area contributed by atoms with Gasteiger partial charge < -0.3 is 15.1 Å².